The average molecular weight is 432 g/mol. The molecule has 0 bridgehead atoms. The molecule has 0 amide bonds. The van der Waals surface area contributed by atoms with Gasteiger partial charge in [-0.25, -0.2) is 8.42 Å². The fourth-order valence-corrected chi connectivity index (χ4v) is 4.50. The maximum absolute atomic E-state index is 13.0. The molecule has 0 aliphatic carbocycles. The topological polar surface area (TPSA) is 63.1 Å². The molecule has 0 radical (unpaired) electrons. The van der Waals surface area contributed by atoms with Gasteiger partial charge in [-0.05, 0) is 51.2 Å². The summed E-state index contributed by atoms with van der Waals surface area (Å²) in [6.45, 7) is 9.12. The van der Waals surface area contributed by atoms with Gasteiger partial charge in [0.15, 0.2) is 0 Å². The minimum Gasteiger partial charge on any atom is -0.347 e. The molecule has 2 rings (SSSR count). The molecule has 0 aliphatic heterocycles. The van der Waals surface area contributed by atoms with Gasteiger partial charge in [-0.15, -0.1) is 0 Å². The zero-order valence-corrected chi connectivity index (χ0v) is 18.1. The lowest BCUT2D eigenvalue weighted by atomic mass is 9.92. The minimum absolute atomic E-state index is 0.0734. The highest BCUT2D eigenvalue weighted by Crippen LogP contribution is 2.33. The summed E-state index contributed by atoms with van der Waals surface area (Å²) in [6, 6.07) is 5.79. The van der Waals surface area contributed by atoms with Crippen LogP contribution in [0.3, 0.4) is 0 Å². The first kappa shape index (κ1) is 23.3. The van der Waals surface area contributed by atoms with Crippen LogP contribution >= 0.6 is 0 Å². The second-order valence-electron chi connectivity index (χ2n) is 8.02. The van der Waals surface area contributed by atoms with Crippen LogP contribution in [0, 0.1) is 6.92 Å². The summed E-state index contributed by atoms with van der Waals surface area (Å²) in [5.41, 5.74) is 0.0869. The Morgan fingerprint density at radius 2 is 1.76 bits per heavy atom. The van der Waals surface area contributed by atoms with Gasteiger partial charge in [0.25, 0.3) is 10.0 Å². The predicted molar refractivity (Wildman–Crippen MR) is 109 cm³/mol. The molecule has 0 fully saturated rings. The van der Waals surface area contributed by atoms with E-state index in [-0.39, 0.29) is 16.0 Å². The van der Waals surface area contributed by atoms with Gasteiger partial charge in [0.1, 0.15) is 4.90 Å². The van der Waals surface area contributed by atoms with E-state index in [0.29, 0.717) is 12.2 Å². The normalized spacial score (nSPS) is 13.0. The smallest absolute Gasteiger partial charge is 0.347 e. The highest BCUT2D eigenvalue weighted by Gasteiger charge is 2.31. The van der Waals surface area contributed by atoms with Crippen LogP contribution in [0.15, 0.2) is 35.2 Å². The van der Waals surface area contributed by atoms with Gasteiger partial charge in [0.2, 0.25) is 0 Å². The largest absolute Gasteiger partial charge is 0.416 e. The van der Waals surface area contributed by atoms with Gasteiger partial charge in [0, 0.05) is 29.0 Å². The van der Waals surface area contributed by atoms with Crippen molar-refractivity contribution in [2.24, 2.45) is 0 Å². The third-order valence-electron chi connectivity index (χ3n) is 4.63. The van der Waals surface area contributed by atoms with Crippen molar-refractivity contribution < 1.29 is 21.6 Å². The summed E-state index contributed by atoms with van der Waals surface area (Å²) in [6.07, 6.45) is -3.73. The van der Waals surface area contributed by atoms with Gasteiger partial charge in [-0.2, -0.15) is 13.2 Å². The highest BCUT2D eigenvalue weighted by atomic mass is 32.2. The van der Waals surface area contributed by atoms with Crippen LogP contribution in [0.1, 0.15) is 44.1 Å². The van der Waals surface area contributed by atoms with E-state index >= 15 is 0 Å². The number of anilines is 1. The van der Waals surface area contributed by atoms with E-state index in [9.17, 15) is 21.6 Å². The SMILES string of the molecule is CNCCCn1c(C(C)(C)C)cc(S(=O)(=O)Nc2cccc(C(F)(F)F)c2)c1C. The van der Waals surface area contributed by atoms with Crippen molar-refractivity contribution in [1.29, 1.82) is 0 Å². The van der Waals surface area contributed by atoms with Gasteiger partial charge in [0.05, 0.1) is 5.56 Å². The summed E-state index contributed by atoms with van der Waals surface area (Å²) in [5.74, 6) is 0. The molecule has 162 valence electrons. The Hall–Kier alpha value is -2.00. The van der Waals surface area contributed by atoms with E-state index in [1.165, 1.54) is 12.1 Å². The number of benzene rings is 1. The molecule has 1 aromatic carbocycles. The van der Waals surface area contributed by atoms with Crippen LogP contribution in [-0.4, -0.2) is 26.6 Å². The lowest BCUT2D eigenvalue weighted by Crippen LogP contribution is -2.20. The summed E-state index contributed by atoms with van der Waals surface area (Å²) < 4.78 is 69.1. The van der Waals surface area contributed by atoms with Crippen molar-refractivity contribution in [2.75, 3.05) is 18.3 Å². The number of sulfonamides is 1. The zero-order chi connectivity index (χ0) is 22.0. The Bertz CT molecular complexity index is 958. The lowest BCUT2D eigenvalue weighted by Gasteiger charge is -2.22. The summed E-state index contributed by atoms with van der Waals surface area (Å²) in [7, 11) is -2.20. The molecular formula is C20H28F3N3O2S. The molecule has 5 nitrogen and oxygen atoms in total. The Balaban J connectivity index is 2.45. The Kier molecular flexibility index (Phi) is 6.74. The molecule has 0 atom stereocenters. The van der Waals surface area contributed by atoms with E-state index in [4.69, 9.17) is 0 Å². The molecule has 0 saturated heterocycles. The van der Waals surface area contributed by atoms with Crippen LogP contribution in [0.25, 0.3) is 0 Å². The van der Waals surface area contributed by atoms with E-state index < -0.39 is 21.8 Å². The first-order valence-corrected chi connectivity index (χ1v) is 10.8. The van der Waals surface area contributed by atoms with E-state index in [1.807, 2.05) is 32.4 Å². The first-order chi connectivity index (χ1) is 13.3. The number of alkyl halides is 3. The van der Waals surface area contributed by atoms with Crippen molar-refractivity contribution >= 4 is 15.7 Å². The number of rotatable bonds is 7. The summed E-state index contributed by atoms with van der Waals surface area (Å²) >= 11 is 0. The predicted octanol–water partition coefficient (Wildman–Crippen LogP) is 4.52. The molecule has 2 N–H and O–H groups in total. The number of aromatic nitrogens is 1. The molecule has 29 heavy (non-hydrogen) atoms. The second kappa shape index (κ2) is 8.39. The van der Waals surface area contributed by atoms with Gasteiger partial charge in [-0.1, -0.05) is 26.8 Å². The van der Waals surface area contributed by atoms with E-state index in [0.717, 1.165) is 30.8 Å². The molecule has 9 heteroatoms. The van der Waals surface area contributed by atoms with Crippen molar-refractivity contribution in [3.05, 3.63) is 47.3 Å². The molecule has 0 aliphatic rings. The molecule has 0 unspecified atom stereocenters. The van der Waals surface area contributed by atoms with Crippen LogP contribution in [0.5, 0.6) is 0 Å². The fourth-order valence-electron chi connectivity index (χ4n) is 3.18. The van der Waals surface area contributed by atoms with E-state index in [1.54, 1.807) is 13.0 Å². The van der Waals surface area contributed by atoms with Crippen molar-refractivity contribution in [3.63, 3.8) is 0 Å². The van der Waals surface area contributed by atoms with Gasteiger partial charge < -0.3 is 9.88 Å². The Morgan fingerprint density at radius 3 is 2.31 bits per heavy atom. The van der Waals surface area contributed by atoms with Crippen molar-refractivity contribution in [3.8, 4) is 0 Å². The number of nitrogens with one attached hydrogen (secondary N) is 2. The third-order valence-corrected chi connectivity index (χ3v) is 6.13. The summed E-state index contributed by atoms with van der Waals surface area (Å²) in [4.78, 5) is 0.0734. The average Bonchev–Trinajstić information content (AvgIpc) is 2.92. The molecular weight excluding hydrogens is 403 g/mol. The van der Waals surface area contributed by atoms with Gasteiger partial charge in [-0.3, -0.25) is 4.72 Å². The zero-order valence-electron chi connectivity index (χ0n) is 17.3. The third kappa shape index (κ3) is 5.54. The van der Waals surface area contributed by atoms with Crippen molar-refractivity contribution in [2.45, 2.75) is 57.1 Å². The van der Waals surface area contributed by atoms with Crippen LogP contribution in [-0.2, 0) is 28.2 Å². The lowest BCUT2D eigenvalue weighted by molar-refractivity contribution is -0.137. The molecule has 0 spiro atoms. The maximum Gasteiger partial charge on any atom is 0.416 e. The van der Waals surface area contributed by atoms with Crippen LogP contribution in [0.4, 0.5) is 18.9 Å². The molecule has 1 heterocycles. The van der Waals surface area contributed by atoms with Crippen LogP contribution in [0.2, 0.25) is 0 Å². The summed E-state index contributed by atoms with van der Waals surface area (Å²) in [5, 5.41) is 3.07. The quantitative estimate of drug-likeness (QED) is 0.634. The molecule has 2 aromatic rings. The highest BCUT2D eigenvalue weighted by molar-refractivity contribution is 7.92. The first-order valence-electron chi connectivity index (χ1n) is 9.32. The van der Waals surface area contributed by atoms with Crippen LogP contribution < -0.4 is 10.0 Å². The fraction of sp³-hybridized carbons (Fsp3) is 0.500. The molecule has 0 saturated carbocycles. The maximum atomic E-state index is 13.0. The number of hydrogen-bond acceptors (Lipinski definition) is 3. The number of halogens is 3. The number of hydrogen-bond donors (Lipinski definition) is 2. The van der Waals surface area contributed by atoms with Crippen molar-refractivity contribution in [1.82, 2.24) is 9.88 Å². The second-order valence-corrected chi connectivity index (χ2v) is 9.67. The minimum atomic E-state index is -4.55. The Morgan fingerprint density at radius 1 is 1.10 bits per heavy atom. The monoisotopic (exact) mass is 431 g/mol. The van der Waals surface area contributed by atoms with E-state index in [2.05, 4.69) is 10.0 Å². The standard InChI is InChI=1S/C20H28F3N3O2S/c1-14-17(13-18(19(2,3)4)26(14)11-7-10-24-5)29(27,28)25-16-9-6-8-15(12-16)20(21,22)23/h6,8-9,12-13,24-25H,7,10-11H2,1-5H3. The Labute approximate surface area is 170 Å². The number of nitrogens with zero attached hydrogens (tertiary/aromatic N) is 1. The van der Waals surface area contributed by atoms with Gasteiger partial charge >= 0.3 is 6.18 Å². The molecule has 1 aromatic heterocycles.